The molecule has 0 heterocycles. The van der Waals surface area contributed by atoms with Crippen LogP contribution >= 0.6 is 12.2 Å². The van der Waals surface area contributed by atoms with Gasteiger partial charge in [-0.15, -0.1) is 0 Å². The minimum absolute atomic E-state index is 0.591. The van der Waals surface area contributed by atoms with E-state index >= 15 is 0 Å². The molecule has 2 saturated carbocycles. The van der Waals surface area contributed by atoms with Crippen LogP contribution in [0.5, 0.6) is 0 Å². The summed E-state index contributed by atoms with van der Waals surface area (Å²) in [5.74, 6) is 1.54. The molecule has 3 aliphatic rings. The zero-order valence-electron chi connectivity index (χ0n) is 10.3. The monoisotopic (exact) mass is 250 g/mol. The first-order valence-electron chi connectivity index (χ1n) is 7.06. The lowest BCUT2D eigenvalue weighted by atomic mass is 9.96. The van der Waals surface area contributed by atoms with E-state index in [0.29, 0.717) is 12.1 Å². The van der Waals surface area contributed by atoms with Crippen molar-refractivity contribution >= 4 is 17.3 Å². The summed E-state index contributed by atoms with van der Waals surface area (Å²) in [6.45, 7) is 0. The molecule has 2 nitrogen and oxygen atoms in total. The van der Waals surface area contributed by atoms with E-state index in [4.69, 9.17) is 12.2 Å². The molecule has 3 rings (SSSR count). The predicted octanol–water partition coefficient (Wildman–Crippen LogP) is 2.75. The van der Waals surface area contributed by atoms with E-state index in [2.05, 4.69) is 22.8 Å². The zero-order valence-corrected chi connectivity index (χ0v) is 11.1. The van der Waals surface area contributed by atoms with Crippen molar-refractivity contribution in [2.45, 2.75) is 57.0 Å². The molecule has 3 heteroatoms. The summed E-state index contributed by atoms with van der Waals surface area (Å²) < 4.78 is 0. The smallest absolute Gasteiger partial charge is 0.166 e. The quantitative estimate of drug-likeness (QED) is 0.582. The van der Waals surface area contributed by atoms with Gasteiger partial charge in [-0.05, 0) is 49.7 Å². The molecule has 2 fully saturated rings. The second kappa shape index (κ2) is 4.97. The molecule has 2 bridgehead atoms. The van der Waals surface area contributed by atoms with E-state index < -0.39 is 0 Å². The van der Waals surface area contributed by atoms with E-state index in [9.17, 15) is 0 Å². The molecule has 0 aromatic rings. The number of fused-ring (bicyclic) bond motifs is 2. The Balaban J connectivity index is 1.45. The van der Waals surface area contributed by atoms with Crippen molar-refractivity contribution < 1.29 is 0 Å². The summed E-state index contributed by atoms with van der Waals surface area (Å²) in [5, 5.41) is 7.92. The number of thiocarbonyl (C=S) groups is 1. The van der Waals surface area contributed by atoms with Crippen molar-refractivity contribution in [3.63, 3.8) is 0 Å². The maximum atomic E-state index is 5.44. The van der Waals surface area contributed by atoms with Gasteiger partial charge in [-0.25, -0.2) is 0 Å². The van der Waals surface area contributed by atoms with Gasteiger partial charge in [0, 0.05) is 12.1 Å². The van der Waals surface area contributed by atoms with Gasteiger partial charge in [-0.2, -0.15) is 0 Å². The molecule has 0 radical (unpaired) electrons. The predicted molar refractivity (Wildman–Crippen MR) is 74.9 cm³/mol. The fraction of sp³-hybridized carbons (Fsp3) is 0.786. The average molecular weight is 250 g/mol. The van der Waals surface area contributed by atoms with Crippen molar-refractivity contribution in [1.82, 2.24) is 10.6 Å². The Morgan fingerprint density at radius 1 is 1.00 bits per heavy atom. The molecule has 17 heavy (non-hydrogen) atoms. The standard InChI is InChI=1S/C14H22N2S/c17-14(15-12-4-2-1-3-5-12)16-13-9-10-6-7-11(13)8-10/h6-7,10-13H,1-5,8-9H2,(H2,15,16,17)/t10-,11+,13+/m0/s1. The molecule has 3 aliphatic carbocycles. The van der Waals surface area contributed by atoms with E-state index in [1.54, 1.807) is 0 Å². The second-order valence-corrected chi connectivity index (χ2v) is 6.25. The Hall–Kier alpha value is -0.570. The number of nitrogens with one attached hydrogen (secondary N) is 2. The van der Waals surface area contributed by atoms with Gasteiger partial charge in [-0.3, -0.25) is 0 Å². The Bertz CT molecular complexity index is 320. The van der Waals surface area contributed by atoms with Crippen molar-refractivity contribution in [2.75, 3.05) is 0 Å². The first kappa shape index (κ1) is 11.5. The maximum absolute atomic E-state index is 5.44. The number of hydrogen-bond acceptors (Lipinski definition) is 1. The molecule has 0 aromatic carbocycles. The molecular formula is C14H22N2S. The van der Waals surface area contributed by atoms with Crippen LogP contribution in [0.15, 0.2) is 12.2 Å². The second-order valence-electron chi connectivity index (χ2n) is 5.84. The van der Waals surface area contributed by atoms with Crippen LogP contribution in [-0.2, 0) is 0 Å². The number of allylic oxidation sites excluding steroid dienone is 1. The highest BCUT2D eigenvalue weighted by Crippen LogP contribution is 2.38. The third-order valence-electron chi connectivity index (χ3n) is 4.54. The molecule has 2 N–H and O–H groups in total. The van der Waals surface area contributed by atoms with Gasteiger partial charge in [0.1, 0.15) is 0 Å². The molecule has 0 unspecified atom stereocenters. The summed E-state index contributed by atoms with van der Waals surface area (Å²) in [6.07, 6.45) is 14.0. The van der Waals surface area contributed by atoms with E-state index in [1.165, 1.54) is 44.9 Å². The van der Waals surface area contributed by atoms with Gasteiger partial charge in [0.2, 0.25) is 0 Å². The average Bonchev–Trinajstić information content (AvgIpc) is 2.92. The Kier molecular flexibility index (Phi) is 3.37. The molecule has 0 saturated heterocycles. The summed E-state index contributed by atoms with van der Waals surface area (Å²) in [6, 6.07) is 1.21. The lowest BCUT2D eigenvalue weighted by molar-refractivity contribution is 0.408. The maximum Gasteiger partial charge on any atom is 0.166 e. The third kappa shape index (κ3) is 2.65. The molecular weight excluding hydrogens is 228 g/mol. The molecule has 0 aliphatic heterocycles. The van der Waals surface area contributed by atoms with Crippen LogP contribution in [0.25, 0.3) is 0 Å². The highest BCUT2D eigenvalue weighted by molar-refractivity contribution is 7.80. The Morgan fingerprint density at radius 3 is 2.47 bits per heavy atom. The van der Waals surface area contributed by atoms with Gasteiger partial charge >= 0.3 is 0 Å². The number of rotatable bonds is 2. The Morgan fingerprint density at radius 2 is 1.82 bits per heavy atom. The normalized spacial score (nSPS) is 36.1. The van der Waals surface area contributed by atoms with Crippen LogP contribution < -0.4 is 10.6 Å². The highest BCUT2D eigenvalue weighted by Gasteiger charge is 2.35. The topological polar surface area (TPSA) is 24.1 Å². The van der Waals surface area contributed by atoms with Crippen LogP contribution in [0.2, 0.25) is 0 Å². The molecule has 0 spiro atoms. The summed E-state index contributed by atoms with van der Waals surface area (Å²) in [5.41, 5.74) is 0. The molecule has 0 amide bonds. The lowest BCUT2D eigenvalue weighted by Crippen LogP contribution is -2.47. The first-order valence-corrected chi connectivity index (χ1v) is 7.47. The van der Waals surface area contributed by atoms with E-state index in [-0.39, 0.29) is 0 Å². The Labute approximate surface area is 109 Å². The third-order valence-corrected chi connectivity index (χ3v) is 4.77. The summed E-state index contributed by atoms with van der Waals surface area (Å²) in [4.78, 5) is 0. The minimum atomic E-state index is 0.591. The molecule has 3 atom stereocenters. The largest absolute Gasteiger partial charge is 0.360 e. The van der Waals surface area contributed by atoms with Crippen molar-refractivity contribution in [3.8, 4) is 0 Å². The summed E-state index contributed by atoms with van der Waals surface area (Å²) >= 11 is 5.44. The van der Waals surface area contributed by atoms with Gasteiger partial charge in [-0.1, -0.05) is 31.4 Å². The minimum Gasteiger partial charge on any atom is -0.360 e. The van der Waals surface area contributed by atoms with Crippen LogP contribution in [0.3, 0.4) is 0 Å². The van der Waals surface area contributed by atoms with E-state index in [1.807, 2.05) is 0 Å². The van der Waals surface area contributed by atoms with Crippen molar-refractivity contribution in [2.24, 2.45) is 11.8 Å². The number of hydrogen-bond donors (Lipinski definition) is 2. The van der Waals surface area contributed by atoms with Crippen LogP contribution in [-0.4, -0.2) is 17.2 Å². The fourth-order valence-corrected chi connectivity index (χ4v) is 3.91. The van der Waals surface area contributed by atoms with Crippen LogP contribution in [0.4, 0.5) is 0 Å². The zero-order chi connectivity index (χ0) is 11.7. The SMILES string of the molecule is S=C(NC1CCCCC1)N[C@@H]1C[C@H]2C=C[C@@H]1C2. The highest BCUT2D eigenvalue weighted by atomic mass is 32.1. The van der Waals surface area contributed by atoms with Gasteiger partial charge in [0.25, 0.3) is 0 Å². The van der Waals surface area contributed by atoms with Gasteiger partial charge < -0.3 is 10.6 Å². The van der Waals surface area contributed by atoms with Crippen molar-refractivity contribution in [3.05, 3.63) is 12.2 Å². The molecule has 0 aromatic heterocycles. The van der Waals surface area contributed by atoms with Crippen molar-refractivity contribution in [1.29, 1.82) is 0 Å². The van der Waals surface area contributed by atoms with Crippen LogP contribution in [0.1, 0.15) is 44.9 Å². The van der Waals surface area contributed by atoms with Gasteiger partial charge in [0.15, 0.2) is 5.11 Å². The summed E-state index contributed by atoms with van der Waals surface area (Å²) in [7, 11) is 0. The fourth-order valence-electron chi connectivity index (χ4n) is 3.59. The first-order chi connectivity index (χ1) is 8.31. The van der Waals surface area contributed by atoms with Gasteiger partial charge in [0.05, 0.1) is 0 Å². The lowest BCUT2D eigenvalue weighted by Gasteiger charge is -2.27. The molecule has 94 valence electrons. The van der Waals surface area contributed by atoms with E-state index in [0.717, 1.165) is 16.9 Å². The van der Waals surface area contributed by atoms with Crippen LogP contribution in [0, 0.1) is 11.8 Å².